The third-order valence-corrected chi connectivity index (χ3v) is 7.23. The number of nitrogens with zero attached hydrogens (tertiary/aromatic N) is 5. The van der Waals surface area contributed by atoms with Crippen molar-refractivity contribution >= 4 is 26.6 Å². The molecule has 0 unspecified atom stereocenters. The molecule has 1 saturated carbocycles. The highest BCUT2D eigenvalue weighted by atomic mass is 32.2. The third kappa shape index (κ3) is 3.65. The topological polar surface area (TPSA) is 102 Å². The zero-order valence-corrected chi connectivity index (χ0v) is 16.6. The van der Waals surface area contributed by atoms with Crippen molar-refractivity contribution < 1.29 is 17.7 Å². The van der Waals surface area contributed by atoms with Crippen LogP contribution in [-0.4, -0.2) is 60.6 Å². The molecule has 0 atom stereocenters. The minimum Gasteiger partial charge on any atom is -0.477 e. The summed E-state index contributed by atoms with van der Waals surface area (Å²) in [5.74, 6) is 1.25. The second-order valence-electron chi connectivity index (χ2n) is 7.39. The lowest BCUT2D eigenvalue weighted by atomic mass is 10.2. The molecular formula is C19H21N5O4S. The maximum atomic E-state index is 12.6. The Bertz CT molecular complexity index is 1110. The third-order valence-electron chi connectivity index (χ3n) is 5.39. The Kier molecular flexibility index (Phi) is 4.59. The molecule has 3 heterocycles. The van der Waals surface area contributed by atoms with Crippen LogP contribution in [0.25, 0.3) is 10.9 Å². The van der Waals surface area contributed by atoms with Gasteiger partial charge >= 0.3 is 0 Å². The molecule has 152 valence electrons. The van der Waals surface area contributed by atoms with Gasteiger partial charge in [-0.1, -0.05) is 5.16 Å². The molecule has 1 aliphatic carbocycles. The Hall–Kier alpha value is -2.72. The standard InChI is InChI=1S/C19H21N5O4S/c25-29(26,16-10-22-28-12-16)24-7-5-23(6-8-24)15-3-4-18-17(9-15)19(21-13-20-18)27-11-14-1-2-14/h3-4,9-10,12-14H,1-2,5-8,11H2. The molecule has 1 aliphatic heterocycles. The minimum atomic E-state index is -3.56. The number of hydrogen-bond donors (Lipinski definition) is 0. The first-order valence-electron chi connectivity index (χ1n) is 9.63. The summed E-state index contributed by atoms with van der Waals surface area (Å²) in [4.78, 5) is 10.9. The summed E-state index contributed by atoms with van der Waals surface area (Å²) >= 11 is 0. The van der Waals surface area contributed by atoms with Gasteiger partial charge in [0, 0.05) is 31.9 Å². The number of fused-ring (bicyclic) bond motifs is 1. The van der Waals surface area contributed by atoms with Crippen molar-refractivity contribution in [2.45, 2.75) is 17.7 Å². The predicted octanol–water partition coefficient (Wildman–Crippen LogP) is 1.92. The van der Waals surface area contributed by atoms with Crippen LogP contribution in [0.2, 0.25) is 0 Å². The van der Waals surface area contributed by atoms with Crippen LogP contribution >= 0.6 is 0 Å². The van der Waals surface area contributed by atoms with Crippen LogP contribution in [0.3, 0.4) is 0 Å². The zero-order chi connectivity index (χ0) is 19.8. The molecule has 2 aliphatic rings. The number of sulfonamides is 1. The quantitative estimate of drug-likeness (QED) is 0.602. The smallest absolute Gasteiger partial charge is 0.248 e. The highest BCUT2D eigenvalue weighted by molar-refractivity contribution is 7.89. The fourth-order valence-corrected chi connectivity index (χ4v) is 4.76. The molecule has 9 nitrogen and oxygen atoms in total. The number of ether oxygens (including phenoxy) is 1. The van der Waals surface area contributed by atoms with Gasteiger partial charge in [-0.05, 0) is 37.0 Å². The van der Waals surface area contributed by atoms with Gasteiger partial charge in [0.2, 0.25) is 15.9 Å². The summed E-state index contributed by atoms with van der Waals surface area (Å²) in [6, 6.07) is 5.99. The summed E-state index contributed by atoms with van der Waals surface area (Å²) in [6.45, 7) is 2.64. The van der Waals surface area contributed by atoms with E-state index in [9.17, 15) is 8.42 Å². The minimum absolute atomic E-state index is 0.0891. The van der Waals surface area contributed by atoms with Crippen molar-refractivity contribution in [1.29, 1.82) is 0 Å². The molecule has 1 saturated heterocycles. The molecule has 10 heteroatoms. The monoisotopic (exact) mass is 415 g/mol. The molecule has 2 fully saturated rings. The predicted molar refractivity (Wildman–Crippen MR) is 105 cm³/mol. The van der Waals surface area contributed by atoms with E-state index in [-0.39, 0.29) is 4.90 Å². The van der Waals surface area contributed by atoms with Gasteiger partial charge in [-0.2, -0.15) is 4.31 Å². The first kappa shape index (κ1) is 18.3. The van der Waals surface area contributed by atoms with Crippen molar-refractivity contribution in [2.24, 2.45) is 5.92 Å². The van der Waals surface area contributed by atoms with Gasteiger partial charge in [-0.15, -0.1) is 0 Å². The fraction of sp³-hybridized carbons (Fsp3) is 0.421. The highest BCUT2D eigenvalue weighted by Gasteiger charge is 2.30. The molecule has 0 radical (unpaired) electrons. The number of aromatic nitrogens is 3. The number of hydrogen-bond acceptors (Lipinski definition) is 8. The van der Waals surface area contributed by atoms with Gasteiger partial charge in [-0.3, -0.25) is 0 Å². The Morgan fingerprint density at radius 2 is 1.97 bits per heavy atom. The van der Waals surface area contributed by atoms with Crippen molar-refractivity contribution in [2.75, 3.05) is 37.7 Å². The van der Waals surface area contributed by atoms with Crippen LogP contribution < -0.4 is 9.64 Å². The summed E-state index contributed by atoms with van der Waals surface area (Å²) in [5.41, 5.74) is 1.84. The lowest BCUT2D eigenvalue weighted by molar-refractivity contribution is 0.292. The highest BCUT2D eigenvalue weighted by Crippen LogP contribution is 2.32. The summed E-state index contributed by atoms with van der Waals surface area (Å²) in [5, 5.41) is 4.38. The number of benzene rings is 1. The molecule has 0 spiro atoms. The van der Waals surface area contributed by atoms with E-state index in [2.05, 4.69) is 24.5 Å². The average Bonchev–Trinajstić information content (AvgIpc) is 3.41. The van der Waals surface area contributed by atoms with Gasteiger partial charge in [0.1, 0.15) is 17.5 Å². The van der Waals surface area contributed by atoms with Gasteiger partial charge in [-0.25, -0.2) is 18.4 Å². The van der Waals surface area contributed by atoms with Crippen LogP contribution in [0, 0.1) is 5.92 Å². The maximum Gasteiger partial charge on any atom is 0.248 e. The van der Waals surface area contributed by atoms with Crippen molar-refractivity contribution in [1.82, 2.24) is 19.4 Å². The van der Waals surface area contributed by atoms with Crippen LogP contribution in [0.1, 0.15) is 12.8 Å². The van der Waals surface area contributed by atoms with Gasteiger partial charge in [0.15, 0.2) is 0 Å². The van der Waals surface area contributed by atoms with E-state index >= 15 is 0 Å². The molecule has 5 rings (SSSR count). The lowest BCUT2D eigenvalue weighted by Crippen LogP contribution is -2.48. The van der Waals surface area contributed by atoms with Crippen molar-refractivity contribution in [3.63, 3.8) is 0 Å². The van der Waals surface area contributed by atoms with Crippen LogP contribution in [0.5, 0.6) is 5.88 Å². The first-order chi connectivity index (χ1) is 14.1. The lowest BCUT2D eigenvalue weighted by Gasteiger charge is -2.35. The summed E-state index contributed by atoms with van der Waals surface area (Å²) < 4.78 is 37.3. The molecule has 0 bridgehead atoms. The number of piperazine rings is 1. The molecule has 3 aromatic rings. The van der Waals surface area contributed by atoms with E-state index in [1.54, 1.807) is 0 Å². The molecule has 0 amide bonds. The second kappa shape index (κ2) is 7.27. The van der Waals surface area contributed by atoms with E-state index in [1.807, 2.05) is 18.2 Å². The largest absolute Gasteiger partial charge is 0.477 e. The Labute approximate surface area is 168 Å². The Morgan fingerprint density at radius 1 is 1.14 bits per heavy atom. The van der Waals surface area contributed by atoms with Crippen LogP contribution in [-0.2, 0) is 10.0 Å². The Balaban J connectivity index is 1.33. The molecule has 1 aromatic carbocycles. The first-order valence-corrected chi connectivity index (χ1v) is 11.1. The second-order valence-corrected chi connectivity index (χ2v) is 9.32. The fourth-order valence-electron chi connectivity index (χ4n) is 3.47. The SMILES string of the molecule is O=S(=O)(c1cnoc1)N1CCN(c2ccc3ncnc(OCC4CC4)c3c2)CC1. The van der Waals surface area contributed by atoms with Crippen molar-refractivity contribution in [3.8, 4) is 5.88 Å². The van der Waals surface area contributed by atoms with E-state index in [0.717, 1.165) is 22.9 Å². The van der Waals surface area contributed by atoms with Crippen LogP contribution in [0.15, 0.2) is 46.4 Å². The van der Waals surface area contributed by atoms with E-state index < -0.39 is 10.0 Å². The molecule has 0 N–H and O–H groups in total. The number of rotatable bonds is 6. The molecular weight excluding hydrogens is 394 g/mol. The summed E-state index contributed by atoms with van der Waals surface area (Å²) in [6.07, 6.45) is 6.35. The van der Waals surface area contributed by atoms with Crippen LogP contribution in [0.4, 0.5) is 5.69 Å². The van der Waals surface area contributed by atoms with E-state index in [1.165, 1.54) is 29.7 Å². The Morgan fingerprint density at radius 3 is 2.69 bits per heavy atom. The molecule has 2 aromatic heterocycles. The number of anilines is 1. The van der Waals surface area contributed by atoms with E-state index in [0.29, 0.717) is 44.6 Å². The van der Waals surface area contributed by atoms with Crippen molar-refractivity contribution in [3.05, 3.63) is 37.0 Å². The summed E-state index contributed by atoms with van der Waals surface area (Å²) in [7, 11) is -3.56. The average molecular weight is 415 g/mol. The van der Waals surface area contributed by atoms with Gasteiger partial charge in [0.05, 0.1) is 23.7 Å². The molecule has 29 heavy (non-hydrogen) atoms. The van der Waals surface area contributed by atoms with Gasteiger partial charge in [0.25, 0.3) is 0 Å². The van der Waals surface area contributed by atoms with E-state index in [4.69, 9.17) is 4.74 Å². The maximum absolute atomic E-state index is 12.6. The zero-order valence-electron chi connectivity index (χ0n) is 15.8. The van der Waals surface area contributed by atoms with Gasteiger partial charge < -0.3 is 14.2 Å². The normalized spacial score (nSPS) is 18.3.